The van der Waals surface area contributed by atoms with Gasteiger partial charge < -0.3 is 0 Å². The summed E-state index contributed by atoms with van der Waals surface area (Å²) in [6, 6.07) is 37.1. The molecule has 0 bridgehead atoms. The first-order valence-electron chi connectivity index (χ1n) is 14.1. The average molecular weight is 506 g/mol. The molecule has 3 heterocycles. The molecule has 0 N–H and O–H groups in total. The smallest absolute Gasteiger partial charge is 0.105 e. The van der Waals surface area contributed by atoms with Crippen LogP contribution < -0.4 is 0 Å². The number of benzene rings is 5. The van der Waals surface area contributed by atoms with Crippen molar-refractivity contribution >= 4 is 33.1 Å². The molecule has 184 valence electrons. The monoisotopic (exact) mass is 505 g/mol. The molecule has 6 heteroatoms. The summed E-state index contributed by atoms with van der Waals surface area (Å²) in [4.78, 5) is 13.5. The topological polar surface area (TPSA) is 53.5 Å². The van der Waals surface area contributed by atoms with Gasteiger partial charge in [0.2, 0.25) is 0 Å². The molecule has 0 aliphatic heterocycles. The summed E-state index contributed by atoms with van der Waals surface area (Å²) in [5.74, 6) is 0. The van der Waals surface area contributed by atoms with Crippen molar-refractivity contribution in [1.29, 1.82) is 0 Å². The fourth-order valence-electron chi connectivity index (χ4n) is 5.22. The molecule has 8 aromatic rings. The standard InChI is InChI=1S/C33H22N6/c1-5-13-30(39-22-36-29-12-4-8-16-33(29)39)26(9-1)23-17-24(37-20-34-27-10-2-6-14-31(27)37)19-25(18-23)38-21-35-28-11-3-7-15-32(28)38/h1-22H/i20D,21D,22D. The first-order valence-corrected chi connectivity index (χ1v) is 12.6. The molecule has 0 aliphatic rings. The Morgan fingerprint density at radius 3 is 1.46 bits per heavy atom. The third kappa shape index (κ3) is 3.46. The van der Waals surface area contributed by atoms with Crippen molar-refractivity contribution in [3.63, 3.8) is 0 Å². The van der Waals surface area contributed by atoms with E-state index in [2.05, 4.69) is 15.0 Å². The van der Waals surface area contributed by atoms with Crippen molar-refractivity contribution in [2.24, 2.45) is 0 Å². The highest BCUT2D eigenvalue weighted by molar-refractivity contribution is 5.85. The van der Waals surface area contributed by atoms with Crippen LogP contribution in [-0.4, -0.2) is 28.7 Å². The molecule has 0 spiro atoms. The van der Waals surface area contributed by atoms with Crippen molar-refractivity contribution in [2.45, 2.75) is 0 Å². The molecule has 0 radical (unpaired) electrons. The van der Waals surface area contributed by atoms with E-state index in [-0.39, 0.29) is 18.9 Å². The lowest BCUT2D eigenvalue weighted by Gasteiger charge is -2.16. The summed E-state index contributed by atoms with van der Waals surface area (Å²) in [5, 5.41) is 0. The molecule has 8 rings (SSSR count). The minimum atomic E-state index is 0.114. The van der Waals surface area contributed by atoms with E-state index in [0.29, 0.717) is 0 Å². The van der Waals surface area contributed by atoms with Gasteiger partial charge in [-0.2, -0.15) is 0 Å². The van der Waals surface area contributed by atoms with E-state index in [0.717, 1.165) is 61.3 Å². The van der Waals surface area contributed by atoms with Crippen molar-refractivity contribution in [1.82, 2.24) is 28.7 Å². The molecule has 39 heavy (non-hydrogen) atoms. The Balaban J connectivity index is 1.44. The fourth-order valence-corrected chi connectivity index (χ4v) is 5.22. The van der Waals surface area contributed by atoms with Crippen LogP contribution >= 0.6 is 0 Å². The third-order valence-electron chi connectivity index (χ3n) is 7.05. The molecule has 0 unspecified atom stereocenters. The van der Waals surface area contributed by atoms with Gasteiger partial charge >= 0.3 is 0 Å². The van der Waals surface area contributed by atoms with E-state index in [9.17, 15) is 0 Å². The van der Waals surface area contributed by atoms with Crippen molar-refractivity contribution < 1.29 is 4.11 Å². The number of nitrogens with zero attached hydrogens (tertiary/aromatic N) is 6. The second-order valence-electron chi connectivity index (χ2n) is 9.36. The highest BCUT2D eigenvalue weighted by Gasteiger charge is 2.15. The normalized spacial score (nSPS) is 12.7. The van der Waals surface area contributed by atoms with Crippen LogP contribution in [0, 0.1) is 0 Å². The van der Waals surface area contributed by atoms with Gasteiger partial charge in [-0.15, -0.1) is 0 Å². The molecule has 0 fully saturated rings. The Kier molecular flexibility index (Phi) is 4.09. The van der Waals surface area contributed by atoms with E-state index in [1.807, 2.05) is 129 Å². The molecular formula is C33H22N6. The van der Waals surface area contributed by atoms with Crippen molar-refractivity contribution in [2.75, 3.05) is 0 Å². The SMILES string of the molecule is [2H]c1nc2ccccc2n1-c1cc(-c2ccccc2-n2c([2H])nc3ccccc32)cc(-n2c([2H])nc3ccccc32)c1. The summed E-state index contributed by atoms with van der Waals surface area (Å²) < 4.78 is 31.7. The van der Waals surface area contributed by atoms with Crippen LogP contribution in [0.4, 0.5) is 0 Å². The van der Waals surface area contributed by atoms with Crippen molar-refractivity contribution in [3.05, 3.63) is 134 Å². The van der Waals surface area contributed by atoms with Crippen LogP contribution in [0.3, 0.4) is 0 Å². The van der Waals surface area contributed by atoms with E-state index in [4.69, 9.17) is 4.11 Å². The van der Waals surface area contributed by atoms with Gasteiger partial charge in [0.1, 0.15) is 23.0 Å². The number of para-hydroxylation sites is 7. The lowest BCUT2D eigenvalue weighted by atomic mass is 10.0. The summed E-state index contributed by atoms with van der Waals surface area (Å²) in [6.07, 6.45) is 0.370. The zero-order valence-corrected chi connectivity index (χ0v) is 20.7. The number of fused-ring (bicyclic) bond motifs is 3. The molecule has 5 aromatic carbocycles. The Bertz CT molecular complexity index is 2210. The Morgan fingerprint density at radius 2 is 0.897 bits per heavy atom. The van der Waals surface area contributed by atoms with Gasteiger partial charge in [-0.3, -0.25) is 13.7 Å². The van der Waals surface area contributed by atoms with Crippen molar-refractivity contribution in [3.8, 4) is 28.2 Å². The lowest BCUT2D eigenvalue weighted by Crippen LogP contribution is -2.00. The molecule has 3 aromatic heterocycles. The van der Waals surface area contributed by atoms with Gasteiger partial charge in [0, 0.05) is 16.9 Å². The second-order valence-corrected chi connectivity index (χ2v) is 9.36. The van der Waals surface area contributed by atoms with Crippen LogP contribution in [0.15, 0.2) is 134 Å². The molecule has 0 atom stereocenters. The van der Waals surface area contributed by atoms with Gasteiger partial charge in [0.15, 0.2) is 0 Å². The Labute approximate surface area is 228 Å². The van der Waals surface area contributed by atoms with E-state index in [1.54, 1.807) is 0 Å². The molecule has 0 saturated carbocycles. The number of aromatic nitrogens is 6. The summed E-state index contributed by atoms with van der Waals surface area (Å²) >= 11 is 0. The van der Waals surface area contributed by atoms with Crippen LogP contribution in [0.5, 0.6) is 0 Å². The first kappa shape index (κ1) is 18.7. The van der Waals surface area contributed by atoms with Crippen LogP contribution in [0.2, 0.25) is 0 Å². The number of imidazole rings is 3. The molecule has 6 nitrogen and oxygen atoms in total. The summed E-state index contributed by atoms with van der Waals surface area (Å²) in [5.41, 5.74) is 8.68. The third-order valence-corrected chi connectivity index (χ3v) is 7.05. The van der Waals surface area contributed by atoms with Crippen LogP contribution in [-0.2, 0) is 0 Å². The summed E-state index contributed by atoms with van der Waals surface area (Å²) in [7, 11) is 0. The molecule has 0 saturated heterocycles. The zero-order valence-electron chi connectivity index (χ0n) is 23.7. The number of hydrogen-bond acceptors (Lipinski definition) is 3. The summed E-state index contributed by atoms with van der Waals surface area (Å²) in [6.45, 7) is 0. The average Bonchev–Trinajstić information content (AvgIpc) is 3.65. The Hall–Kier alpha value is -5.49. The van der Waals surface area contributed by atoms with Gasteiger partial charge in [0.05, 0.1) is 38.8 Å². The molecule has 0 amide bonds. The first-order chi connectivity index (χ1) is 20.6. The number of hydrogen-bond donors (Lipinski definition) is 0. The van der Waals surface area contributed by atoms with E-state index in [1.165, 1.54) is 0 Å². The predicted molar refractivity (Wildman–Crippen MR) is 156 cm³/mol. The van der Waals surface area contributed by atoms with Gasteiger partial charge in [0.25, 0.3) is 0 Å². The van der Waals surface area contributed by atoms with E-state index < -0.39 is 0 Å². The second kappa shape index (κ2) is 8.53. The van der Waals surface area contributed by atoms with Gasteiger partial charge in [-0.1, -0.05) is 54.6 Å². The van der Waals surface area contributed by atoms with E-state index >= 15 is 0 Å². The minimum Gasteiger partial charge on any atom is -0.299 e. The maximum Gasteiger partial charge on any atom is 0.105 e. The fraction of sp³-hybridized carbons (Fsp3) is 0. The minimum absolute atomic E-state index is 0.114. The largest absolute Gasteiger partial charge is 0.299 e. The van der Waals surface area contributed by atoms with Gasteiger partial charge in [-0.25, -0.2) is 15.0 Å². The highest BCUT2D eigenvalue weighted by Crippen LogP contribution is 2.34. The predicted octanol–water partition coefficient (Wildman–Crippen LogP) is 7.37. The molecule has 0 aliphatic carbocycles. The number of rotatable bonds is 4. The highest BCUT2D eigenvalue weighted by atomic mass is 15.1. The van der Waals surface area contributed by atoms with Crippen LogP contribution in [0.1, 0.15) is 4.11 Å². The zero-order chi connectivity index (χ0) is 28.4. The van der Waals surface area contributed by atoms with Crippen LogP contribution in [0.25, 0.3) is 61.3 Å². The molecular weight excluding hydrogens is 480 g/mol. The lowest BCUT2D eigenvalue weighted by molar-refractivity contribution is 1.05. The Morgan fingerprint density at radius 1 is 0.462 bits per heavy atom. The van der Waals surface area contributed by atoms with Gasteiger partial charge in [-0.05, 0) is 66.2 Å². The maximum atomic E-state index is 8.76. The maximum absolute atomic E-state index is 8.76. The quantitative estimate of drug-likeness (QED) is 0.251.